The van der Waals surface area contributed by atoms with E-state index in [1.54, 1.807) is 0 Å². The first-order valence-corrected chi connectivity index (χ1v) is 6.34. The van der Waals surface area contributed by atoms with Crippen LogP contribution in [-0.2, 0) is 0 Å². The average molecular weight is 228 g/mol. The maximum Gasteiger partial charge on any atom is 0.107 e. The standard InChI is InChI=1S/C12H24N2O2/c1-4-7-9-12(6-3,14-16)11(8-5-2)10-13-15/h11H,4-10H2,1-3H3. The Labute approximate surface area is 98.1 Å². The minimum absolute atomic E-state index is 0.0176. The molecule has 0 fully saturated rings. The van der Waals surface area contributed by atoms with Gasteiger partial charge in [0.05, 0.1) is 6.54 Å². The van der Waals surface area contributed by atoms with E-state index in [-0.39, 0.29) is 12.5 Å². The van der Waals surface area contributed by atoms with Gasteiger partial charge in [0, 0.05) is 5.92 Å². The van der Waals surface area contributed by atoms with Crippen LogP contribution in [0.25, 0.3) is 0 Å². The number of hydrogen-bond acceptors (Lipinski definition) is 4. The van der Waals surface area contributed by atoms with Crippen LogP contribution in [0.2, 0.25) is 0 Å². The molecule has 0 heterocycles. The first-order chi connectivity index (χ1) is 7.70. The molecular weight excluding hydrogens is 204 g/mol. The van der Waals surface area contributed by atoms with Crippen LogP contribution in [0.1, 0.15) is 59.3 Å². The second-order valence-electron chi connectivity index (χ2n) is 4.45. The summed E-state index contributed by atoms with van der Waals surface area (Å²) in [4.78, 5) is 21.6. The van der Waals surface area contributed by atoms with Crippen LogP contribution >= 0.6 is 0 Å². The van der Waals surface area contributed by atoms with E-state index in [4.69, 9.17) is 0 Å². The topological polar surface area (TPSA) is 58.9 Å². The lowest BCUT2D eigenvalue weighted by Crippen LogP contribution is -2.37. The van der Waals surface area contributed by atoms with Gasteiger partial charge in [-0.15, -0.1) is 0 Å². The molecule has 0 aliphatic rings. The molecule has 2 unspecified atom stereocenters. The van der Waals surface area contributed by atoms with Gasteiger partial charge in [0.15, 0.2) is 0 Å². The summed E-state index contributed by atoms with van der Waals surface area (Å²) in [6.07, 6.45) is 5.34. The first kappa shape index (κ1) is 15.2. The van der Waals surface area contributed by atoms with E-state index in [9.17, 15) is 9.81 Å². The van der Waals surface area contributed by atoms with Crippen LogP contribution in [0.4, 0.5) is 0 Å². The Morgan fingerprint density at radius 3 is 2.19 bits per heavy atom. The predicted octanol–water partition coefficient (Wildman–Crippen LogP) is 4.27. The van der Waals surface area contributed by atoms with Crippen LogP contribution in [0, 0.1) is 15.7 Å². The Kier molecular flexibility index (Phi) is 7.95. The molecule has 94 valence electrons. The second kappa shape index (κ2) is 8.36. The van der Waals surface area contributed by atoms with Gasteiger partial charge in [0.25, 0.3) is 0 Å². The summed E-state index contributed by atoms with van der Waals surface area (Å²) in [6.45, 7) is 6.35. The molecule has 0 aromatic rings. The number of rotatable bonds is 10. The Balaban J connectivity index is 4.76. The fraction of sp³-hybridized carbons (Fsp3) is 1.00. The molecule has 0 aliphatic carbocycles. The first-order valence-electron chi connectivity index (χ1n) is 6.34. The van der Waals surface area contributed by atoms with Crippen molar-refractivity contribution in [3.63, 3.8) is 0 Å². The Morgan fingerprint density at radius 1 is 1.12 bits per heavy atom. The molecule has 4 nitrogen and oxygen atoms in total. The van der Waals surface area contributed by atoms with E-state index in [1.807, 2.05) is 6.92 Å². The normalized spacial score (nSPS) is 16.4. The summed E-state index contributed by atoms with van der Waals surface area (Å²) < 4.78 is 0. The molecule has 0 N–H and O–H groups in total. The van der Waals surface area contributed by atoms with Crippen molar-refractivity contribution in [2.45, 2.75) is 64.8 Å². The Bertz CT molecular complexity index is 209. The van der Waals surface area contributed by atoms with Crippen molar-refractivity contribution >= 4 is 0 Å². The molecule has 0 aromatic carbocycles. The molecule has 0 rings (SSSR count). The molecule has 4 heteroatoms. The minimum Gasteiger partial charge on any atom is -0.151 e. The lowest BCUT2D eigenvalue weighted by atomic mass is 9.76. The zero-order valence-electron chi connectivity index (χ0n) is 10.7. The quantitative estimate of drug-likeness (QED) is 0.524. The number of unbranched alkanes of at least 4 members (excludes halogenated alkanes) is 1. The maximum absolute atomic E-state index is 11.2. The van der Waals surface area contributed by atoms with Gasteiger partial charge in [-0.1, -0.05) is 50.4 Å². The van der Waals surface area contributed by atoms with E-state index < -0.39 is 5.54 Å². The lowest BCUT2D eigenvalue weighted by molar-refractivity contribution is 0.229. The largest absolute Gasteiger partial charge is 0.151 e. The van der Waals surface area contributed by atoms with Crippen molar-refractivity contribution < 1.29 is 0 Å². The van der Waals surface area contributed by atoms with Crippen LogP contribution in [-0.4, -0.2) is 12.1 Å². The minimum atomic E-state index is -0.570. The van der Waals surface area contributed by atoms with E-state index in [2.05, 4.69) is 24.2 Å². The summed E-state index contributed by atoms with van der Waals surface area (Å²) >= 11 is 0. The number of nitroso groups, excluding NO2 is 2. The average Bonchev–Trinajstić information content (AvgIpc) is 2.31. The van der Waals surface area contributed by atoms with Gasteiger partial charge in [-0.2, -0.15) is 9.81 Å². The summed E-state index contributed by atoms with van der Waals surface area (Å²) in [5.41, 5.74) is -0.570. The third-order valence-corrected chi connectivity index (χ3v) is 3.45. The molecule has 0 saturated carbocycles. The molecule has 2 atom stereocenters. The van der Waals surface area contributed by atoms with Gasteiger partial charge < -0.3 is 0 Å². The molecular formula is C12H24N2O2. The molecule has 0 bridgehead atoms. The Hall–Kier alpha value is -0.800. The lowest BCUT2D eigenvalue weighted by Gasteiger charge is -2.32. The third-order valence-electron chi connectivity index (χ3n) is 3.45. The molecule has 0 spiro atoms. The predicted molar refractivity (Wildman–Crippen MR) is 67.4 cm³/mol. The SMILES string of the molecule is CCCCC(CC)(N=O)C(CCC)CN=O. The van der Waals surface area contributed by atoms with Crippen molar-refractivity contribution in [3.8, 4) is 0 Å². The monoisotopic (exact) mass is 228 g/mol. The van der Waals surface area contributed by atoms with Gasteiger partial charge >= 0.3 is 0 Å². The summed E-state index contributed by atoms with van der Waals surface area (Å²) in [6, 6.07) is 0. The fourth-order valence-electron chi connectivity index (χ4n) is 2.31. The van der Waals surface area contributed by atoms with Crippen LogP contribution < -0.4 is 0 Å². The summed E-state index contributed by atoms with van der Waals surface area (Å²) in [7, 11) is 0. The van der Waals surface area contributed by atoms with Gasteiger partial charge in [-0.3, -0.25) is 0 Å². The number of hydrogen-bond donors (Lipinski definition) is 0. The summed E-state index contributed by atoms with van der Waals surface area (Å²) in [5.74, 6) is 0.0176. The van der Waals surface area contributed by atoms with Crippen molar-refractivity contribution in [2.75, 3.05) is 6.54 Å². The van der Waals surface area contributed by atoms with Gasteiger partial charge in [-0.05, 0) is 19.3 Å². The smallest absolute Gasteiger partial charge is 0.107 e. The summed E-state index contributed by atoms with van der Waals surface area (Å²) in [5, 5.41) is 6.34. The second-order valence-corrected chi connectivity index (χ2v) is 4.45. The highest BCUT2D eigenvalue weighted by Gasteiger charge is 2.37. The van der Waals surface area contributed by atoms with E-state index in [1.165, 1.54) is 0 Å². The highest BCUT2D eigenvalue weighted by Crippen LogP contribution is 2.35. The Morgan fingerprint density at radius 2 is 1.81 bits per heavy atom. The van der Waals surface area contributed by atoms with Gasteiger partial charge in [0.2, 0.25) is 0 Å². The van der Waals surface area contributed by atoms with Crippen LogP contribution in [0.3, 0.4) is 0 Å². The zero-order chi connectivity index (χ0) is 12.4. The highest BCUT2D eigenvalue weighted by atomic mass is 16.3. The van der Waals surface area contributed by atoms with Crippen molar-refractivity contribution in [2.24, 2.45) is 16.3 Å². The molecule has 0 aromatic heterocycles. The third kappa shape index (κ3) is 3.99. The maximum atomic E-state index is 11.2. The van der Waals surface area contributed by atoms with E-state index in [0.717, 1.165) is 32.1 Å². The molecule has 0 saturated heterocycles. The van der Waals surface area contributed by atoms with Crippen LogP contribution in [0.5, 0.6) is 0 Å². The zero-order valence-corrected chi connectivity index (χ0v) is 10.7. The fourth-order valence-corrected chi connectivity index (χ4v) is 2.31. The highest BCUT2D eigenvalue weighted by molar-refractivity contribution is 4.94. The molecule has 0 amide bonds. The van der Waals surface area contributed by atoms with Gasteiger partial charge in [0.1, 0.15) is 5.54 Å². The van der Waals surface area contributed by atoms with Crippen molar-refractivity contribution in [1.82, 2.24) is 0 Å². The van der Waals surface area contributed by atoms with Gasteiger partial charge in [-0.25, -0.2) is 0 Å². The molecule has 0 radical (unpaired) electrons. The number of nitrogens with zero attached hydrogens (tertiary/aromatic N) is 2. The van der Waals surface area contributed by atoms with Crippen molar-refractivity contribution in [3.05, 3.63) is 9.81 Å². The molecule has 0 aliphatic heterocycles. The van der Waals surface area contributed by atoms with E-state index >= 15 is 0 Å². The van der Waals surface area contributed by atoms with E-state index in [0.29, 0.717) is 6.42 Å². The molecule has 16 heavy (non-hydrogen) atoms. The van der Waals surface area contributed by atoms with Crippen LogP contribution in [0.15, 0.2) is 10.4 Å². The van der Waals surface area contributed by atoms with Crippen molar-refractivity contribution in [1.29, 1.82) is 0 Å².